The average Bonchev–Trinajstić information content (AvgIpc) is 3.33. The summed E-state index contributed by atoms with van der Waals surface area (Å²) in [5, 5.41) is 29.5. The number of fused-ring (bicyclic) bond motifs is 2. The average molecular weight is 574 g/mol. The predicted octanol–water partition coefficient (Wildman–Crippen LogP) is 4.08. The number of aliphatic hydroxyl groups is 3. The molecule has 1 aliphatic carbocycles. The summed E-state index contributed by atoms with van der Waals surface area (Å²) in [4.78, 5) is 15.8. The minimum Gasteiger partial charge on any atom is -0.506 e. The van der Waals surface area contributed by atoms with E-state index in [9.17, 15) is 9.90 Å². The molecule has 42 heavy (non-hydrogen) atoms. The highest BCUT2D eigenvalue weighted by Crippen LogP contribution is 2.49. The number of hydrogen-bond acceptors (Lipinski definition) is 7. The fourth-order valence-electron chi connectivity index (χ4n) is 6.31. The molecule has 3 aliphatic rings. The molecule has 0 unspecified atom stereocenters. The number of rotatable bonds is 12. The molecule has 0 spiro atoms. The first kappa shape index (κ1) is 29.9. The van der Waals surface area contributed by atoms with E-state index < -0.39 is 10.8 Å². The first-order valence-electron chi connectivity index (χ1n) is 14.6. The molecule has 0 aromatic heterocycles. The maximum Gasteiger partial charge on any atom is 0.209 e. The van der Waals surface area contributed by atoms with Crippen LogP contribution in [0.15, 0.2) is 83.3 Å². The molecule has 5 rings (SSSR count). The summed E-state index contributed by atoms with van der Waals surface area (Å²) in [6.07, 6.45) is 3.64. The number of carbonyl (C=O) groups is 1. The van der Waals surface area contributed by atoms with Crippen molar-refractivity contribution in [2.75, 3.05) is 57.6 Å². The number of nitrogens with zero attached hydrogens (tertiary/aromatic N) is 2. The molecule has 2 aromatic rings. The topological polar surface area (TPSA) is 102 Å². The lowest BCUT2D eigenvalue weighted by atomic mass is 9.77. The number of ether oxygens (including phenoxy) is 2. The van der Waals surface area contributed by atoms with Crippen LogP contribution in [-0.2, 0) is 25.1 Å². The first-order valence-corrected chi connectivity index (χ1v) is 14.6. The molecule has 8 nitrogen and oxygen atoms in total. The van der Waals surface area contributed by atoms with Gasteiger partial charge in [0.2, 0.25) is 11.5 Å². The number of benzene rings is 2. The molecule has 0 amide bonds. The molecule has 0 fully saturated rings. The zero-order valence-electron chi connectivity index (χ0n) is 24.9. The Morgan fingerprint density at radius 1 is 0.833 bits per heavy atom. The maximum absolute atomic E-state index is 13.6. The molecule has 0 saturated carbocycles. The second kappa shape index (κ2) is 12.0. The van der Waals surface area contributed by atoms with Crippen LogP contribution in [0.2, 0.25) is 0 Å². The van der Waals surface area contributed by atoms with Crippen molar-refractivity contribution in [3.8, 4) is 0 Å². The molecule has 2 heterocycles. The van der Waals surface area contributed by atoms with Crippen molar-refractivity contribution in [1.29, 1.82) is 0 Å². The van der Waals surface area contributed by atoms with Gasteiger partial charge in [-0.25, -0.2) is 0 Å². The van der Waals surface area contributed by atoms with Crippen LogP contribution in [0.4, 0.5) is 11.4 Å². The summed E-state index contributed by atoms with van der Waals surface area (Å²) in [6.45, 7) is 10.9. The number of Topliss-reactive ketones (excluding diaryl/α,β-unsaturated/α-hetero) is 1. The third kappa shape index (κ3) is 5.13. The van der Waals surface area contributed by atoms with Gasteiger partial charge in [0.05, 0.1) is 49.6 Å². The highest BCUT2D eigenvalue weighted by atomic mass is 16.5. The Labute approximate surface area is 247 Å². The monoisotopic (exact) mass is 573 g/mol. The van der Waals surface area contributed by atoms with Crippen LogP contribution >= 0.6 is 0 Å². The summed E-state index contributed by atoms with van der Waals surface area (Å²) in [6, 6.07) is 16.3. The minimum atomic E-state index is -0.393. The second-order valence-corrected chi connectivity index (χ2v) is 11.8. The van der Waals surface area contributed by atoms with Crippen molar-refractivity contribution in [3.63, 3.8) is 0 Å². The molecule has 8 heteroatoms. The number of para-hydroxylation sites is 2. The van der Waals surface area contributed by atoms with E-state index in [0.29, 0.717) is 37.4 Å². The van der Waals surface area contributed by atoms with Crippen LogP contribution in [0, 0.1) is 0 Å². The normalized spacial score (nSPS) is 20.5. The standard InChI is InChI=1S/C34H40N2O6/c1-33(2)25-9-5-7-11-27(25)35(13-17-41-19-15-37)29(33)21-23-31(39)24(32(23)40)22-30-34(3,4)26-10-6-8-12-28(26)36(30)14-18-42-20-16-38/h5-12,21-22,37-38H,13-20H2,1-4H3/p+1. The number of aliphatic hydroxyl groups excluding tert-OH is 3. The first-order chi connectivity index (χ1) is 20.1. The van der Waals surface area contributed by atoms with Crippen LogP contribution in [0.5, 0.6) is 0 Å². The summed E-state index contributed by atoms with van der Waals surface area (Å²) in [7, 11) is 0. The Bertz CT molecular complexity index is 1500. The number of anilines is 1. The molecule has 3 N–H and O–H groups in total. The van der Waals surface area contributed by atoms with E-state index >= 15 is 0 Å². The molecular formula is C34H41N2O6+. The van der Waals surface area contributed by atoms with Gasteiger partial charge in [-0.15, -0.1) is 0 Å². The van der Waals surface area contributed by atoms with Gasteiger partial charge in [0.15, 0.2) is 12.3 Å². The second-order valence-electron chi connectivity index (χ2n) is 11.8. The van der Waals surface area contributed by atoms with Crippen molar-refractivity contribution in [2.24, 2.45) is 0 Å². The number of allylic oxidation sites excluding steroid dienone is 5. The fourth-order valence-corrected chi connectivity index (χ4v) is 6.31. The Balaban J connectivity index is 1.51. The number of carbonyl (C=O) groups excluding carboxylic acids is 1. The van der Waals surface area contributed by atoms with Gasteiger partial charge in [0.1, 0.15) is 12.4 Å². The van der Waals surface area contributed by atoms with Crippen molar-refractivity contribution in [1.82, 2.24) is 0 Å². The Kier molecular flexibility index (Phi) is 8.53. The Morgan fingerprint density at radius 2 is 1.48 bits per heavy atom. The van der Waals surface area contributed by atoms with E-state index in [1.807, 2.05) is 36.4 Å². The van der Waals surface area contributed by atoms with E-state index in [-0.39, 0.29) is 38.0 Å². The van der Waals surface area contributed by atoms with Crippen LogP contribution in [0.25, 0.3) is 0 Å². The van der Waals surface area contributed by atoms with E-state index in [0.717, 1.165) is 33.9 Å². The van der Waals surface area contributed by atoms with Crippen molar-refractivity contribution < 1.29 is 34.2 Å². The van der Waals surface area contributed by atoms with Gasteiger partial charge in [0, 0.05) is 41.1 Å². The third-order valence-corrected chi connectivity index (χ3v) is 8.55. The van der Waals surface area contributed by atoms with E-state index in [4.69, 9.17) is 19.7 Å². The Hall–Kier alpha value is -3.56. The third-order valence-electron chi connectivity index (χ3n) is 8.55. The van der Waals surface area contributed by atoms with Crippen LogP contribution in [0.1, 0.15) is 38.8 Å². The minimum absolute atomic E-state index is 0.00790. The van der Waals surface area contributed by atoms with Gasteiger partial charge >= 0.3 is 0 Å². The summed E-state index contributed by atoms with van der Waals surface area (Å²) >= 11 is 0. The fraction of sp³-hybridized carbons (Fsp3) is 0.412. The van der Waals surface area contributed by atoms with Gasteiger partial charge in [-0.2, -0.15) is 4.58 Å². The molecular weight excluding hydrogens is 532 g/mol. The summed E-state index contributed by atoms with van der Waals surface area (Å²) < 4.78 is 13.3. The SMILES string of the molecule is CC1(C)C(/C=C2/C(=O)C(/C=C3\N(CCOCCO)c4ccccc4C3(C)C)=C2O)=[N+](CCOCCO)c2ccccc21. The lowest BCUT2D eigenvalue weighted by Crippen LogP contribution is -2.33. The van der Waals surface area contributed by atoms with E-state index in [2.05, 4.69) is 61.4 Å². The van der Waals surface area contributed by atoms with Gasteiger partial charge in [0.25, 0.3) is 0 Å². The molecule has 0 radical (unpaired) electrons. The smallest absolute Gasteiger partial charge is 0.209 e. The highest BCUT2D eigenvalue weighted by Gasteiger charge is 2.47. The highest BCUT2D eigenvalue weighted by molar-refractivity contribution is 6.24. The largest absolute Gasteiger partial charge is 0.506 e. The molecule has 222 valence electrons. The lowest BCUT2D eigenvalue weighted by Gasteiger charge is -2.29. The van der Waals surface area contributed by atoms with Crippen molar-refractivity contribution >= 4 is 22.9 Å². The predicted molar refractivity (Wildman–Crippen MR) is 163 cm³/mol. The zero-order chi connectivity index (χ0) is 30.1. The molecule has 0 atom stereocenters. The molecule has 2 aliphatic heterocycles. The van der Waals surface area contributed by atoms with Crippen LogP contribution in [-0.4, -0.2) is 84.1 Å². The van der Waals surface area contributed by atoms with Gasteiger partial charge in [-0.05, 0) is 31.6 Å². The van der Waals surface area contributed by atoms with Crippen molar-refractivity contribution in [3.05, 3.63) is 94.4 Å². The van der Waals surface area contributed by atoms with Gasteiger partial charge in [-0.3, -0.25) is 4.79 Å². The summed E-state index contributed by atoms with van der Waals surface area (Å²) in [5.74, 6) is -0.203. The Morgan fingerprint density at radius 3 is 2.17 bits per heavy atom. The molecule has 2 aromatic carbocycles. The lowest BCUT2D eigenvalue weighted by molar-refractivity contribution is -0.442. The number of hydrogen-bond donors (Lipinski definition) is 3. The van der Waals surface area contributed by atoms with E-state index in [1.54, 1.807) is 0 Å². The summed E-state index contributed by atoms with van der Waals surface area (Å²) in [5.41, 5.74) is 6.00. The van der Waals surface area contributed by atoms with Gasteiger partial charge < -0.3 is 29.7 Å². The molecule has 0 saturated heterocycles. The van der Waals surface area contributed by atoms with Crippen molar-refractivity contribution in [2.45, 2.75) is 38.5 Å². The quantitative estimate of drug-likeness (QED) is 0.200. The number of ketones is 1. The van der Waals surface area contributed by atoms with Crippen LogP contribution in [0.3, 0.4) is 0 Å². The van der Waals surface area contributed by atoms with Crippen LogP contribution < -0.4 is 4.90 Å². The maximum atomic E-state index is 13.6. The van der Waals surface area contributed by atoms with E-state index in [1.165, 1.54) is 0 Å². The molecule has 0 bridgehead atoms. The van der Waals surface area contributed by atoms with Gasteiger partial charge in [-0.1, -0.05) is 50.2 Å². The zero-order valence-corrected chi connectivity index (χ0v) is 24.9.